The molecule has 1 aliphatic rings. The molecule has 5 nitrogen and oxygen atoms in total. The van der Waals surface area contributed by atoms with E-state index in [0.29, 0.717) is 18.9 Å². The van der Waals surface area contributed by atoms with Crippen molar-refractivity contribution in [2.45, 2.75) is 45.1 Å². The van der Waals surface area contributed by atoms with Crippen LogP contribution in [0.2, 0.25) is 0 Å². The third kappa shape index (κ3) is 6.02. The highest BCUT2D eigenvalue weighted by Crippen LogP contribution is 2.27. The van der Waals surface area contributed by atoms with Gasteiger partial charge < -0.3 is 4.74 Å². The van der Waals surface area contributed by atoms with Crippen LogP contribution in [0.15, 0.2) is 0 Å². The molecule has 0 atom stereocenters. The van der Waals surface area contributed by atoms with Gasteiger partial charge in [-0.1, -0.05) is 0 Å². The lowest BCUT2D eigenvalue weighted by Crippen LogP contribution is -2.37. The minimum atomic E-state index is -3.11. The fraction of sp³-hybridized carbons (Fsp3) is 0.909. The van der Waals surface area contributed by atoms with Crippen molar-refractivity contribution in [1.82, 2.24) is 4.72 Å². The Bertz CT molecular complexity index is 344. The maximum absolute atomic E-state index is 11.3. The molecular weight excluding hydrogens is 242 g/mol. The Morgan fingerprint density at radius 2 is 1.88 bits per heavy atom. The van der Waals surface area contributed by atoms with E-state index in [1.165, 1.54) is 6.26 Å². The summed E-state index contributed by atoms with van der Waals surface area (Å²) in [5.41, 5.74) is 0. The first-order chi connectivity index (χ1) is 7.90. The van der Waals surface area contributed by atoms with Crippen molar-refractivity contribution < 1.29 is 17.9 Å². The monoisotopic (exact) mass is 263 g/mol. The largest absolute Gasteiger partial charge is 0.466 e. The van der Waals surface area contributed by atoms with Crippen LogP contribution in [0, 0.1) is 5.92 Å². The Morgan fingerprint density at radius 1 is 1.29 bits per heavy atom. The molecule has 1 fully saturated rings. The first-order valence-corrected chi connectivity index (χ1v) is 7.92. The van der Waals surface area contributed by atoms with Crippen molar-refractivity contribution in [2.75, 3.05) is 12.9 Å². The molecule has 0 amide bonds. The summed E-state index contributed by atoms with van der Waals surface area (Å²) in [5.74, 6) is 0.193. The predicted octanol–water partition coefficient (Wildman–Crippen LogP) is 1.05. The SMILES string of the molecule is CCOC(=O)C[C@H]1CC[C@H](NS(C)(=O)=O)CC1. The van der Waals surface area contributed by atoms with Gasteiger partial charge >= 0.3 is 5.97 Å². The van der Waals surface area contributed by atoms with Gasteiger partial charge in [0.15, 0.2) is 0 Å². The van der Waals surface area contributed by atoms with Gasteiger partial charge in [-0.2, -0.15) is 0 Å². The van der Waals surface area contributed by atoms with Crippen LogP contribution in [0.4, 0.5) is 0 Å². The van der Waals surface area contributed by atoms with Gasteiger partial charge in [0.2, 0.25) is 10.0 Å². The molecule has 0 unspecified atom stereocenters. The zero-order chi connectivity index (χ0) is 12.9. The van der Waals surface area contributed by atoms with E-state index in [-0.39, 0.29) is 12.0 Å². The third-order valence-corrected chi connectivity index (χ3v) is 3.75. The summed E-state index contributed by atoms with van der Waals surface area (Å²) in [6.45, 7) is 2.22. The molecule has 0 aromatic carbocycles. The number of carbonyl (C=O) groups excluding carboxylic acids is 1. The second-order valence-electron chi connectivity index (χ2n) is 4.62. The Morgan fingerprint density at radius 3 is 2.35 bits per heavy atom. The number of carbonyl (C=O) groups is 1. The van der Waals surface area contributed by atoms with Crippen molar-refractivity contribution in [3.05, 3.63) is 0 Å². The molecule has 100 valence electrons. The van der Waals surface area contributed by atoms with Crippen LogP contribution in [0.1, 0.15) is 39.0 Å². The fourth-order valence-corrected chi connectivity index (χ4v) is 3.08. The third-order valence-electron chi connectivity index (χ3n) is 2.99. The van der Waals surface area contributed by atoms with Crippen molar-refractivity contribution >= 4 is 16.0 Å². The Balaban J connectivity index is 2.28. The standard InChI is InChI=1S/C11H21NO4S/c1-3-16-11(13)8-9-4-6-10(7-5-9)12-17(2,14)15/h9-10,12H,3-8H2,1-2H3/t9-,10-. The van der Waals surface area contributed by atoms with Crippen LogP contribution in [0.25, 0.3) is 0 Å². The van der Waals surface area contributed by atoms with Crippen LogP contribution in [0.3, 0.4) is 0 Å². The number of nitrogens with one attached hydrogen (secondary N) is 1. The number of sulfonamides is 1. The summed E-state index contributed by atoms with van der Waals surface area (Å²) in [6, 6.07) is 0.0310. The molecule has 0 spiro atoms. The summed E-state index contributed by atoms with van der Waals surface area (Å²) < 4.78 is 29.6. The summed E-state index contributed by atoms with van der Waals surface area (Å²) in [6.07, 6.45) is 5.00. The molecule has 0 saturated heterocycles. The molecule has 0 bridgehead atoms. The van der Waals surface area contributed by atoms with Crippen LogP contribution >= 0.6 is 0 Å². The summed E-state index contributed by atoms with van der Waals surface area (Å²) >= 11 is 0. The van der Waals surface area contributed by atoms with Gasteiger partial charge in [0.25, 0.3) is 0 Å². The van der Waals surface area contributed by atoms with Gasteiger partial charge in [0.1, 0.15) is 0 Å². The lowest BCUT2D eigenvalue weighted by molar-refractivity contribution is -0.144. The molecule has 6 heteroatoms. The average Bonchev–Trinajstić information content (AvgIpc) is 2.19. The van der Waals surface area contributed by atoms with Crippen molar-refractivity contribution in [2.24, 2.45) is 5.92 Å². The highest BCUT2D eigenvalue weighted by molar-refractivity contribution is 7.88. The predicted molar refractivity (Wildman–Crippen MR) is 65.0 cm³/mol. The van der Waals surface area contributed by atoms with E-state index in [9.17, 15) is 13.2 Å². The Labute approximate surface area is 103 Å². The molecule has 0 aliphatic heterocycles. The van der Waals surface area contributed by atoms with Crippen LogP contribution < -0.4 is 4.72 Å². The second-order valence-corrected chi connectivity index (χ2v) is 6.40. The maximum atomic E-state index is 11.3. The molecule has 1 aliphatic carbocycles. The van der Waals surface area contributed by atoms with Gasteiger partial charge in [0.05, 0.1) is 12.9 Å². The Hall–Kier alpha value is -0.620. The number of rotatable bonds is 5. The van der Waals surface area contributed by atoms with E-state index in [2.05, 4.69) is 4.72 Å². The molecule has 0 aromatic heterocycles. The van der Waals surface area contributed by atoms with E-state index in [4.69, 9.17) is 4.74 Å². The molecule has 1 N–H and O–H groups in total. The van der Waals surface area contributed by atoms with Crippen LogP contribution in [-0.4, -0.2) is 33.3 Å². The maximum Gasteiger partial charge on any atom is 0.306 e. The number of ether oxygens (including phenoxy) is 1. The van der Waals surface area contributed by atoms with E-state index in [0.717, 1.165) is 25.7 Å². The molecule has 0 aromatic rings. The van der Waals surface area contributed by atoms with Gasteiger partial charge in [-0.25, -0.2) is 13.1 Å². The van der Waals surface area contributed by atoms with E-state index in [1.807, 2.05) is 0 Å². The molecule has 0 heterocycles. The lowest BCUT2D eigenvalue weighted by atomic mass is 9.84. The number of hydrogen-bond donors (Lipinski definition) is 1. The second kappa shape index (κ2) is 6.35. The van der Waals surface area contributed by atoms with Crippen LogP contribution in [0.5, 0.6) is 0 Å². The zero-order valence-electron chi connectivity index (χ0n) is 10.4. The highest BCUT2D eigenvalue weighted by Gasteiger charge is 2.24. The smallest absolute Gasteiger partial charge is 0.306 e. The van der Waals surface area contributed by atoms with Crippen molar-refractivity contribution in [3.8, 4) is 0 Å². The van der Waals surface area contributed by atoms with Gasteiger partial charge in [-0.05, 0) is 38.5 Å². The topological polar surface area (TPSA) is 72.5 Å². The summed E-state index contributed by atoms with van der Waals surface area (Å²) in [5, 5.41) is 0. The quantitative estimate of drug-likeness (QED) is 0.752. The van der Waals surface area contributed by atoms with Gasteiger partial charge in [0, 0.05) is 12.5 Å². The Kier molecular flexibility index (Phi) is 5.39. The summed E-state index contributed by atoms with van der Waals surface area (Å²) in [4.78, 5) is 11.3. The first-order valence-electron chi connectivity index (χ1n) is 6.03. The molecule has 0 radical (unpaired) electrons. The molecule has 1 rings (SSSR count). The molecular formula is C11H21NO4S. The zero-order valence-corrected chi connectivity index (χ0v) is 11.3. The number of hydrogen-bond acceptors (Lipinski definition) is 4. The van der Waals surface area contributed by atoms with Crippen LogP contribution in [-0.2, 0) is 19.6 Å². The summed E-state index contributed by atoms with van der Waals surface area (Å²) in [7, 11) is -3.11. The van der Waals surface area contributed by atoms with Crippen molar-refractivity contribution in [1.29, 1.82) is 0 Å². The van der Waals surface area contributed by atoms with Crippen molar-refractivity contribution in [3.63, 3.8) is 0 Å². The molecule has 17 heavy (non-hydrogen) atoms. The minimum Gasteiger partial charge on any atom is -0.466 e. The fourth-order valence-electron chi connectivity index (χ4n) is 2.24. The number of esters is 1. The van der Waals surface area contributed by atoms with E-state index in [1.54, 1.807) is 6.92 Å². The van der Waals surface area contributed by atoms with Gasteiger partial charge in [-0.3, -0.25) is 4.79 Å². The van der Waals surface area contributed by atoms with Gasteiger partial charge in [-0.15, -0.1) is 0 Å². The van der Waals surface area contributed by atoms with E-state index >= 15 is 0 Å². The minimum absolute atomic E-state index is 0.0310. The van der Waals surface area contributed by atoms with E-state index < -0.39 is 10.0 Å². The molecule has 1 saturated carbocycles. The lowest BCUT2D eigenvalue weighted by Gasteiger charge is -2.27. The highest BCUT2D eigenvalue weighted by atomic mass is 32.2. The first kappa shape index (κ1) is 14.4. The normalized spacial score (nSPS) is 25.5. The average molecular weight is 263 g/mol.